The molecule has 0 amide bonds. The Kier molecular flexibility index (Phi) is 10.2. The van der Waals surface area contributed by atoms with Crippen LogP contribution in [0.3, 0.4) is 0 Å². The van der Waals surface area contributed by atoms with Gasteiger partial charge in [-0.05, 0) is 57.4 Å². The van der Waals surface area contributed by atoms with Crippen LogP contribution in [0.15, 0.2) is 23.8 Å². The van der Waals surface area contributed by atoms with Crippen molar-refractivity contribution in [3.05, 3.63) is 40.5 Å². The van der Waals surface area contributed by atoms with Gasteiger partial charge in [-0.15, -0.1) is 0 Å². The zero-order chi connectivity index (χ0) is 31.9. The minimum Gasteiger partial charge on any atom is -0.487 e. The van der Waals surface area contributed by atoms with Gasteiger partial charge in [-0.25, -0.2) is 4.79 Å². The minimum atomic E-state index is -2.34. The molecule has 8 N–H and O–H groups in total. The van der Waals surface area contributed by atoms with E-state index >= 15 is 0 Å². The Bertz CT molecular complexity index is 1180. The number of aliphatic hydroxyl groups excluding tert-OH is 7. The highest BCUT2D eigenvalue weighted by molar-refractivity contribution is 5.90. The first-order valence-corrected chi connectivity index (χ1v) is 14.1. The van der Waals surface area contributed by atoms with Crippen LogP contribution in [0.5, 0.6) is 5.75 Å². The summed E-state index contributed by atoms with van der Waals surface area (Å²) in [5.74, 6) is -2.53. The van der Waals surface area contributed by atoms with Crippen LogP contribution in [0, 0.1) is 0 Å². The van der Waals surface area contributed by atoms with Crippen LogP contribution in [0.2, 0.25) is 0 Å². The Morgan fingerprint density at radius 2 is 1.74 bits per heavy atom. The van der Waals surface area contributed by atoms with Gasteiger partial charge in [-0.3, -0.25) is 0 Å². The zero-order valence-corrected chi connectivity index (χ0v) is 24.5. The number of carbonyl (C=O) groups excluding carboxylic acids is 1. The van der Waals surface area contributed by atoms with E-state index in [-0.39, 0.29) is 5.56 Å². The third-order valence-corrected chi connectivity index (χ3v) is 7.93. The summed E-state index contributed by atoms with van der Waals surface area (Å²) in [6.07, 6.45) is -11.3. The van der Waals surface area contributed by atoms with E-state index < -0.39 is 92.3 Å². The van der Waals surface area contributed by atoms with E-state index in [9.17, 15) is 45.6 Å². The maximum absolute atomic E-state index is 13.2. The molecule has 10 atom stereocenters. The molecule has 1 aromatic rings. The van der Waals surface area contributed by atoms with Crippen LogP contribution < -0.4 is 4.74 Å². The third kappa shape index (κ3) is 6.89. The molecule has 14 nitrogen and oxygen atoms in total. The largest absolute Gasteiger partial charge is 0.487 e. The highest BCUT2D eigenvalue weighted by atomic mass is 16.8. The van der Waals surface area contributed by atoms with Crippen LogP contribution in [0.25, 0.3) is 0 Å². The first-order chi connectivity index (χ1) is 20.1. The van der Waals surface area contributed by atoms with Crippen LogP contribution in [-0.4, -0.2) is 133 Å². The second-order valence-corrected chi connectivity index (χ2v) is 12.0. The van der Waals surface area contributed by atoms with Crippen molar-refractivity contribution < 1.29 is 69.3 Å². The number of carbonyl (C=O) groups is 1. The van der Waals surface area contributed by atoms with E-state index in [4.69, 9.17) is 23.7 Å². The molecule has 43 heavy (non-hydrogen) atoms. The second kappa shape index (κ2) is 13.0. The molecular formula is C29H42O14. The molecule has 2 saturated heterocycles. The van der Waals surface area contributed by atoms with E-state index in [0.717, 1.165) is 5.57 Å². The second-order valence-electron chi connectivity index (χ2n) is 12.0. The molecule has 0 aliphatic carbocycles. The van der Waals surface area contributed by atoms with E-state index in [1.165, 1.54) is 0 Å². The van der Waals surface area contributed by atoms with Gasteiger partial charge in [-0.1, -0.05) is 11.6 Å². The SMILES string of the molecule is CC(C)=CCc1cc(C(=O)OC[C@H]2O[C@H](O[C@]3(CO)O[C@H](CO)[C@@H](O)[C@@H]3O)[C@H](O)[C@@H](O)[C@@H]2O)cc2c1O[C@H](C(C)(C)O)C2. The lowest BCUT2D eigenvalue weighted by atomic mass is 9.95. The fourth-order valence-corrected chi connectivity index (χ4v) is 5.28. The van der Waals surface area contributed by atoms with E-state index in [0.29, 0.717) is 29.7 Å². The topological polar surface area (TPSA) is 225 Å². The van der Waals surface area contributed by atoms with Gasteiger partial charge in [0.2, 0.25) is 5.79 Å². The first-order valence-electron chi connectivity index (χ1n) is 14.1. The Hall–Kier alpha value is -2.21. The number of fused-ring (bicyclic) bond motifs is 1. The average Bonchev–Trinajstić information content (AvgIpc) is 3.51. The summed E-state index contributed by atoms with van der Waals surface area (Å²) in [5.41, 5.74) is 1.54. The lowest BCUT2D eigenvalue weighted by molar-refractivity contribution is -0.383. The molecule has 0 bridgehead atoms. The normalized spacial score (nSPS) is 35.8. The van der Waals surface area contributed by atoms with Crippen molar-refractivity contribution in [1.29, 1.82) is 0 Å². The number of rotatable bonds is 10. The maximum atomic E-state index is 13.2. The number of hydrogen-bond donors (Lipinski definition) is 8. The molecule has 0 unspecified atom stereocenters. The Morgan fingerprint density at radius 3 is 2.33 bits per heavy atom. The summed E-state index contributed by atoms with van der Waals surface area (Å²) in [5, 5.41) is 81.8. The van der Waals surface area contributed by atoms with Crippen molar-refractivity contribution >= 4 is 5.97 Å². The summed E-state index contributed by atoms with van der Waals surface area (Å²) < 4.78 is 27.8. The highest BCUT2D eigenvalue weighted by Gasteiger charge is 2.58. The summed E-state index contributed by atoms with van der Waals surface area (Å²) in [6, 6.07) is 3.22. The van der Waals surface area contributed by atoms with Gasteiger partial charge >= 0.3 is 5.97 Å². The number of hydrogen-bond acceptors (Lipinski definition) is 14. The molecular weight excluding hydrogens is 572 g/mol. The van der Waals surface area contributed by atoms with Crippen molar-refractivity contribution in [3.8, 4) is 5.75 Å². The number of aliphatic hydroxyl groups is 8. The van der Waals surface area contributed by atoms with Crippen molar-refractivity contribution in [2.45, 2.75) is 107 Å². The molecule has 242 valence electrons. The van der Waals surface area contributed by atoms with Gasteiger partial charge in [0.15, 0.2) is 6.29 Å². The third-order valence-electron chi connectivity index (χ3n) is 7.93. The predicted molar refractivity (Wildman–Crippen MR) is 146 cm³/mol. The standard InChI is InChI=1S/C29H42O14/c1-13(2)5-6-14-7-16(8-15-9-19(28(3,4)38)41-24(14)15)26(37)39-11-18-20(32)22(34)23(35)27(40-18)43-29(12-31)25(36)21(33)17(10-30)42-29/h5,7-8,17-23,25,27,30-36,38H,6,9-12H2,1-4H3/t17-,18-,19+,20-,21-,22+,23-,25+,27-,29+/m1/s1. The summed E-state index contributed by atoms with van der Waals surface area (Å²) in [6.45, 7) is 4.81. The Balaban J connectivity index is 1.49. The minimum absolute atomic E-state index is 0.181. The quantitative estimate of drug-likeness (QED) is 0.106. The molecule has 0 spiro atoms. The molecule has 3 aliphatic heterocycles. The fraction of sp³-hybridized carbons (Fsp3) is 0.690. The van der Waals surface area contributed by atoms with E-state index in [2.05, 4.69) is 0 Å². The molecule has 2 fully saturated rings. The zero-order valence-electron chi connectivity index (χ0n) is 24.5. The predicted octanol–water partition coefficient (Wildman–Crippen LogP) is -1.95. The monoisotopic (exact) mass is 614 g/mol. The lowest BCUT2D eigenvalue weighted by Crippen LogP contribution is -2.62. The van der Waals surface area contributed by atoms with Crippen LogP contribution in [0.1, 0.15) is 49.2 Å². The van der Waals surface area contributed by atoms with Gasteiger partial charge in [0.1, 0.15) is 67.8 Å². The maximum Gasteiger partial charge on any atom is 0.338 e. The first kappa shape index (κ1) is 33.7. The number of esters is 1. The van der Waals surface area contributed by atoms with Crippen molar-refractivity contribution in [1.82, 2.24) is 0 Å². The molecule has 1 aromatic carbocycles. The summed E-state index contributed by atoms with van der Waals surface area (Å²) >= 11 is 0. The van der Waals surface area contributed by atoms with Gasteiger partial charge in [0.25, 0.3) is 0 Å². The summed E-state index contributed by atoms with van der Waals surface area (Å²) in [4.78, 5) is 13.2. The highest BCUT2D eigenvalue weighted by Crippen LogP contribution is 2.39. The van der Waals surface area contributed by atoms with Crippen LogP contribution >= 0.6 is 0 Å². The van der Waals surface area contributed by atoms with Gasteiger partial charge in [0.05, 0.1) is 17.8 Å². The van der Waals surface area contributed by atoms with Gasteiger partial charge in [-0.2, -0.15) is 0 Å². The molecule has 3 heterocycles. The molecule has 0 radical (unpaired) electrons. The van der Waals surface area contributed by atoms with Crippen molar-refractivity contribution in [2.75, 3.05) is 19.8 Å². The molecule has 3 aliphatic rings. The number of ether oxygens (including phenoxy) is 5. The van der Waals surface area contributed by atoms with Crippen molar-refractivity contribution in [2.24, 2.45) is 0 Å². The Morgan fingerprint density at radius 1 is 1.05 bits per heavy atom. The van der Waals surface area contributed by atoms with Crippen LogP contribution in [-0.2, 0) is 31.8 Å². The smallest absolute Gasteiger partial charge is 0.338 e. The summed E-state index contributed by atoms with van der Waals surface area (Å²) in [7, 11) is 0. The number of benzene rings is 1. The Labute approximate surface area is 248 Å². The average molecular weight is 615 g/mol. The lowest BCUT2D eigenvalue weighted by Gasteiger charge is -2.43. The van der Waals surface area contributed by atoms with E-state index in [1.54, 1.807) is 26.0 Å². The molecule has 0 saturated carbocycles. The van der Waals surface area contributed by atoms with Crippen molar-refractivity contribution in [3.63, 3.8) is 0 Å². The van der Waals surface area contributed by atoms with Gasteiger partial charge in [0, 0.05) is 6.42 Å². The molecule has 14 heteroatoms. The van der Waals surface area contributed by atoms with Gasteiger partial charge < -0.3 is 64.5 Å². The van der Waals surface area contributed by atoms with E-state index in [1.807, 2.05) is 19.9 Å². The fourth-order valence-electron chi connectivity index (χ4n) is 5.28. The van der Waals surface area contributed by atoms with Crippen LogP contribution in [0.4, 0.5) is 0 Å². The number of allylic oxidation sites excluding steroid dienone is 2. The molecule has 0 aromatic heterocycles. The molecule has 4 rings (SSSR count).